The molecule has 1 N–H and O–H groups in total. The number of rotatable bonds is 5. The van der Waals surface area contributed by atoms with Crippen molar-refractivity contribution in [2.24, 2.45) is 0 Å². The normalized spacial score (nSPS) is 12.5. The lowest BCUT2D eigenvalue weighted by Gasteiger charge is -2.16. The van der Waals surface area contributed by atoms with E-state index in [0.717, 1.165) is 17.4 Å². The molecule has 3 heteroatoms. The molecule has 0 saturated carbocycles. The van der Waals surface area contributed by atoms with Gasteiger partial charge in [0.2, 0.25) is 0 Å². The second-order valence-electron chi connectivity index (χ2n) is 3.33. The molecule has 0 aliphatic rings. The lowest BCUT2D eigenvalue weighted by atomic mass is 10.1. The van der Waals surface area contributed by atoms with E-state index < -0.39 is 0 Å². The van der Waals surface area contributed by atoms with E-state index in [4.69, 9.17) is 0 Å². The van der Waals surface area contributed by atoms with Gasteiger partial charge in [-0.25, -0.2) is 0 Å². The molecular weight excluding hydrogens is 365 g/mol. The highest BCUT2D eigenvalue weighted by molar-refractivity contribution is 14.1. The summed E-state index contributed by atoms with van der Waals surface area (Å²) in [5, 5.41) is 3.45. The van der Waals surface area contributed by atoms with Crippen LogP contribution in [0.5, 0.6) is 0 Å². The molecule has 1 atom stereocenters. The average Bonchev–Trinajstić information content (AvgIpc) is 2.24. The summed E-state index contributed by atoms with van der Waals surface area (Å²) in [5.41, 5.74) is 1.25. The van der Waals surface area contributed by atoms with Crippen molar-refractivity contribution in [1.29, 1.82) is 0 Å². The van der Waals surface area contributed by atoms with E-state index in [2.05, 4.69) is 75.5 Å². The van der Waals surface area contributed by atoms with Crippen LogP contribution in [0, 0.1) is 3.57 Å². The molecule has 1 unspecified atom stereocenters. The Labute approximate surface area is 114 Å². The van der Waals surface area contributed by atoms with Crippen molar-refractivity contribution in [3.8, 4) is 0 Å². The van der Waals surface area contributed by atoms with E-state index in [1.807, 2.05) is 6.08 Å². The summed E-state index contributed by atoms with van der Waals surface area (Å²) in [6.45, 7) is 7.05. The van der Waals surface area contributed by atoms with Gasteiger partial charge < -0.3 is 5.32 Å². The second kappa shape index (κ2) is 6.66. The molecule has 0 saturated heterocycles. The molecule has 0 heterocycles. The Bertz CT molecular complexity index is 338. The molecule has 0 aromatic heterocycles. The standard InChI is InChI=1S/C12H15BrIN/c1-3-7-15-12(4-2)10-8-9(14)5-6-11(10)13/h4-6,8,12,15H,2-3,7H2,1H3. The monoisotopic (exact) mass is 379 g/mol. The lowest BCUT2D eigenvalue weighted by molar-refractivity contribution is 0.611. The first kappa shape index (κ1) is 13.2. The topological polar surface area (TPSA) is 12.0 Å². The van der Waals surface area contributed by atoms with Gasteiger partial charge in [0, 0.05) is 8.04 Å². The van der Waals surface area contributed by atoms with Crippen LogP contribution in [0.15, 0.2) is 35.3 Å². The van der Waals surface area contributed by atoms with Gasteiger partial charge in [-0.15, -0.1) is 6.58 Å². The van der Waals surface area contributed by atoms with Crippen LogP contribution in [0.1, 0.15) is 24.9 Å². The van der Waals surface area contributed by atoms with Crippen LogP contribution in [-0.2, 0) is 0 Å². The second-order valence-corrected chi connectivity index (χ2v) is 5.43. The molecule has 1 nitrogen and oxygen atoms in total. The summed E-state index contributed by atoms with van der Waals surface area (Å²) < 4.78 is 2.38. The van der Waals surface area contributed by atoms with E-state index in [9.17, 15) is 0 Å². The van der Waals surface area contributed by atoms with Gasteiger partial charge in [-0.1, -0.05) is 28.9 Å². The van der Waals surface area contributed by atoms with Crippen LogP contribution >= 0.6 is 38.5 Å². The third kappa shape index (κ3) is 3.89. The minimum Gasteiger partial charge on any atom is -0.307 e. The maximum absolute atomic E-state index is 3.88. The first-order chi connectivity index (χ1) is 7.19. The van der Waals surface area contributed by atoms with Crippen molar-refractivity contribution in [3.05, 3.63) is 44.5 Å². The highest BCUT2D eigenvalue weighted by Crippen LogP contribution is 2.26. The number of hydrogen-bond donors (Lipinski definition) is 1. The molecule has 0 bridgehead atoms. The van der Waals surface area contributed by atoms with Gasteiger partial charge in [0.15, 0.2) is 0 Å². The summed E-state index contributed by atoms with van der Waals surface area (Å²) in [7, 11) is 0. The zero-order chi connectivity index (χ0) is 11.3. The van der Waals surface area contributed by atoms with Crippen molar-refractivity contribution < 1.29 is 0 Å². The highest BCUT2D eigenvalue weighted by atomic mass is 127. The van der Waals surface area contributed by atoms with Crippen LogP contribution in [0.25, 0.3) is 0 Å². The Hall–Kier alpha value is 0.130. The SMILES string of the molecule is C=CC(NCCC)c1cc(I)ccc1Br. The zero-order valence-electron chi connectivity index (χ0n) is 8.76. The molecule has 0 aliphatic heterocycles. The van der Waals surface area contributed by atoms with Gasteiger partial charge in [0.05, 0.1) is 6.04 Å². The van der Waals surface area contributed by atoms with Gasteiger partial charge in [-0.2, -0.15) is 0 Å². The van der Waals surface area contributed by atoms with Crippen LogP contribution in [0.4, 0.5) is 0 Å². The molecule has 0 aliphatic carbocycles. The fourth-order valence-electron chi connectivity index (χ4n) is 1.37. The smallest absolute Gasteiger partial charge is 0.0515 e. The van der Waals surface area contributed by atoms with E-state index in [1.54, 1.807) is 0 Å². The minimum atomic E-state index is 0.231. The summed E-state index contributed by atoms with van der Waals surface area (Å²) in [6.07, 6.45) is 3.08. The highest BCUT2D eigenvalue weighted by Gasteiger charge is 2.10. The Morgan fingerprint density at radius 3 is 2.93 bits per heavy atom. The quantitative estimate of drug-likeness (QED) is 0.594. The molecule has 0 fully saturated rings. The van der Waals surface area contributed by atoms with Crippen molar-refractivity contribution in [2.45, 2.75) is 19.4 Å². The molecule has 1 rings (SSSR count). The first-order valence-corrected chi connectivity index (χ1v) is 6.87. The van der Waals surface area contributed by atoms with Gasteiger partial charge in [-0.05, 0) is 59.3 Å². The van der Waals surface area contributed by atoms with Crippen LogP contribution < -0.4 is 5.32 Å². The maximum Gasteiger partial charge on any atom is 0.0515 e. The number of hydrogen-bond acceptors (Lipinski definition) is 1. The third-order valence-electron chi connectivity index (χ3n) is 2.14. The predicted octanol–water partition coefficient (Wildman–Crippen LogP) is 4.28. The molecular formula is C12H15BrIN. The lowest BCUT2D eigenvalue weighted by Crippen LogP contribution is -2.20. The van der Waals surface area contributed by atoms with E-state index in [1.165, 1.54) is 9.13 Å². The minimum absolute atomic E-state index is 0.231. The zero-order valence-corrected chi connectivity index (χ0v) is 12.5. The maximum atomic E-state index is 3.88. The van der Waals surface area contributed by atoms with Crippen molar-refractivity contribution >= 4 is 38.5 Å². The summed E-state index contributed by atoms with van der Waals surface area (Å²) in [4.78, 5) is 0. The van der Waals surface area contributed by atoms with E-state index >= 15 is 0 Å². The third-order valence-corrected chi connectivity index (χ3v) is 3.54. The van der Waals surface area contributed by atoms with Crippen LogP contribution in [-0.4, -0.2) is 6.54 Å². The van der Waals surface area contributed by atoms with Crippen LogP contribution in [0.3, 0.4) is 0 Å². The Kier molecular flexibility index (Phi) is 5.86. The van der Waals surface area contributed by atoms with Crippen molar-refractivity contribution in [2.75, 3.05) is 6.54 Å². The molecule has 0 spiro atoms. The van der Waals surface area contributed by atoms with Gasteiger partial charge in [0.1, 0.15) is 0 Å². The Morgan fingerprint density at radius 1 is 1.60 bits per heavy atom. The molecule has 82 valence electrons. The molecule has 0 radical (unpaired) electrons. The number of halogens is 2. The molecule has 15 heavy (non-hydrogen) atoms. The van der Waals surface area contributed by atoms with Crippen molar-refractivity contribution in [3.63, 3.8) is 0 Å². The number of benzene rings is 1. The predicted molar refractivity (Wildman–Crippen MR) is 78.1 cm³/mol. The Balaban J connectivity index is 2.90. The van der Waals surface area contributed by atoms with Crippen LogP contribution in [0.2, 0.25) is 0 Å². The Morgan fingerprint density at radius 2 is 2.33 bits per heavy atom. The largest absolute Gasteiger partial charge is 0.307 e. The fraction of sp³-hybridized carbons (Fsp3) is 0.333. The average molecular weight is 380 g/mol. The van der Waals surface area contributed by atoms with E-state index in [-0.39, 0.29) is 6.04 Å². The summed E-state index contributed by atoms with van der Waals surface area (Å²) in [6, 6.07) is 6.59. The number of nitrogens with one attached hydrogen (secondary N) is 1. The fourth-order valence-corrected chi connectivity index (χ4v) is 2.38. The van der Waals surface area contributed by atoms with Gasteiger partial charge in [-0.3, -0.25) is 0 Å². The van der Waals surface area contributed by atoms with E-state index in [0.29, 0.717) is 0 Å². The molecule has 0 amide bonds. The first-order valence-electron chi connectivity index (χ1n) is 5.00. The molecule has 1 aromatic rings. The molecule has 1 aromatic carbocycles. The van der Waals surface area contributed by atoms with Gasteiger partial charge in [0.25, 0.3) is 0 Å². The summed E-state index contributed by atoms with van der Waals surface area (Å²) in [5.74, 6) is 0. The van der Waals surface area contributed by atoms with Crippen molar-refractivity contribution in [1.82, 2.24) is 5.32 Å². The van der Waals surface area contributed by atoms with Gasteiger partial charge >= 0.3 is 0 Å². The summed E-state index contributed by atoms with van der Waals surface area (Å²) >= 11 is 5.90.